The van der Waals surface area contributed by atoms with Gasteiger partial charge in [-0.2, -0.15) is 0 Å². The summed E-state index contributed by atoms with van der Waals surface area (Å²) in [4.78, 5) is 10.9. The molecule has 0 aromatic heterocycles. The van der Waals surface area contributed by atoms with E-state index < -0.39 is 0 Å². The molecular formula is C13H20O2. The molecule has 15 heavy (non-hydrogen) atoms. The summed E-state index contributed by atoms with van der Waals surface area (Å²) in [7, 11) is 0. The van der Waals surface area contributed by atoms with Crippen LogP contribution in [-0.2, 0) is 9.53 Å². The van der Waals surface area contributed by atoms with E-state index >= 15 is 0 Å². The van der Waals surface area contributed by atoms with Gasteiger partial charge in [0.25, 0.3) is 0 Å². The van der Waals surface area contributed by atoms with E-state index in [1.165, 1.54) is 32.6 Å². The zero-order valence-corrected chi connectivity index (χ0v) is 9.71. The maximum atomic E-state index is 10.9. The molecule has 0 aromatic rings. The SMILES string of the molecule is CC(=O)OC1=CC[C@H]2CCCC[C@@]2(C)C1. The second kappa shape index (κ2) is 3.99. The average Bonchev–Trinajstić information content (AvgIpc) is 2.15. The van der Waals surface area contributed by atoms with Gasteiger partial charge in [0, 0.05) is 13.3 Å². The fourth-order valence-corrected chi connectivity index (χ4v) is 3.11. The molecule has 0 spiro atoms. The Kier molecular flexibility index (Phi) is 2.85. The fraction of sp³-hybridized carbons (Fsp3) is 0.769. The van der Waals surface area contributed by atoms with Crippen LogP contribution in [0.4, 0.5) is 0 Å². The highest BCUT2D eigenvalue weighted by Gasteiger charge is 2.39. The second-order valence-electron chi connectivity index (χ2n) is 5.27. The zero-order chi connectivity index (χ0) is 10.9. The molecule has 2 atom stereocenters. The molecular weight excluding hydrogens is 188 g/mol. The van der Waals surface area contributed by atoms with Gasteiger partial charge in [0.05, 0.1) is 0 Å². The standard InChI is InChI=1S/C13H20O2/c1-10(14)15-12-7-6-11-5-3-4-8-13(11,2)9-12/h7,11H,3-6,8-9H2,1-2H3/t11-,13+/m1/s1. The van der Waals surface area contributed by atoms with E-state index in [-0.39, 0.29) is 5.97 Å². The monoisotopic (exact) mass is 208 g/mol. The van der Waals surface area contributed by atoms with Gasteiger partial charge in [0.1, 0.15) is 5.76 Å². The quantitative estimate of drug-likeness (QED) is 0.617. The lowest BCUT2D eigenvalue weighted by Gasteiger charge is -2.44. The van der Waals surface area contributed by atoms with Crippen LogP contribution in [-0.4, -0.2) is 5.97 Å². The molecule has 0 aliphatic heterocycles. The highest BCUT2D eigenvalue weighted by Crippen LogP contribution is 2.49. The summed E-state index contributed by atoms with van der Waals surface area (Å²) in [6, 6.07) is 0. The van der Waals surface area contributed by atoms with Crippen LogP contribution in [0.5, 0.6) is 0 Å². The predicted molar refractivity (Wildman–Crippen MR) is 59.1 cm³/mol. The van der Waals surface area contributed by atoms with Crippen molar-refractivity contribution in [2.75, 3.05) is 0 Å². The molecule has 0 N–H and O–H groups in total. The first-order chi connectivity index (χ1) is 7.10. The molecule has 2 aliphatic rings. The molecule has 0 bridgehead atoms. The highest BCUT2D eigenvalue weighted by atomic mass is 16.5. The summed E-state index contributed by atoms with van der Waals surface area (Å²) >= 11 is 0. The van der Waals surface area contributed by atoms with E-state index in [2.05, 4.69) is 13.0 Å². The topological polar surface area (TPSA) is 26.3 Å². The third kappa shape index (κ3) is 2.24. The van der Waals surface area contributed by atoms with Gasteiger partial charge >= 0.3 is 5.97 Å². The van der Waals surface area contributed by atoms with E-state index in [0.717, 1.165) is 24.5 Å². The first-order valence-corrected chi connectivity index (χ1v) is 5.98. The Morgan fingerprint density at radius 2 is 2.33 bits per heavy atom. The van der Waals surface area contributed by atoms with Crippen LogP contribution in [0, 0.1) is 11.3 Å². The van der Waals surface area contributed by atoms with Crippen molar-refractivity contribution in [2.45, 2.75) is 52.4 Å². The lowest BCUT2D eigenvalue weighted by atomic mass is 9.62. The van der Waals surface area contributed by atoms with Crippen LogP contribution >= 0.6 is 0 Å². The summed E-state index contributed by atoms with van der Waals surface area (Å²) in [5.74, 6) is 1.54. The summed E-state index contributed by atoms with van der Waals surface area (Å²) in [6.07, 6.45) is 9.52. The van der Waals surface area contributed by atoms with Crippen molar-refractivity contribution in [3.8, 4) is 0 Å². The second-order valence-corrected chi connectivity index (χ2v) is 5.27. The molecule has 0 unspecified atom stereocenters. The number of hydrogen-bond donors (Lipinski definition) is 0. The maximum absolute atomic E-state index is 10.9. The molecule has 84 valence electrons. The van der Waals surface area contributed by atoms with Crippen molar-refractivity contribution in [1.29, 1.82) is 0 Å². The molecule has 0 saturated heterocycles. The lowest BCUT2D eigenvalue weighted by molar-refractivity contribution is -0.137. The first kappa shape index (κ1) is 10.7. The van der Waals surface area contributed by atoms with E-state index in [1.54, 1.807) is 0 Å². The van der Waals surface area contributed by atoms with Crippen molar-refractivity contribution in [3.05, 3.63) is 11.8 Å². The van der Waals surface area contributed by atoms with Gasteiger partial charge in [-0.15, -0.1) is 0 Å². The maximum Gasteiger partial charge on any atom is 0.307 e. The van der Waals surface area contributed by atoms with E-state index in [9.17, 15) is 4.79 Å². The smallest absolute Gasteiger partial charge is 0.307 e. The largest absolute Gasteiger partial charge is 0.432 e. The van der Waals surface area contributed by atoms with Crippen molar-refractivity contribution in [3.63, 3.8) is 0 Å². The first-order valence-electron chi connectivity index (χ1n) is 5.98. The molecule has 0 aromatic carbocycles. The van der Waals surface area contributed by atoms with Gasteiger partial charge in [-0.25, -0.2) is 0 Å². The summed E-state index contributed by atoms with van der Waals surface area (Å²) in [5, 5.41) is 0. The minimum absolute atomic E-state index is 0.181. The van der Waals surface area contributed by atoms with Crippen LogP contribution in [0.25, 0.3) is 0 Å². The number of carbonyl (C=O) groups is 1. The number of fused-ring (bicyclic) bond motifs is 1. The minimum Gasteiger partial charge on any atom is -0.432 e. The normalized spacial score (nSPS) is 35.3. The Labute approximate surface area is 91.7 Å². The summed E-state index contributed by atoms with van der Waals surface area (Å²) < 4.78 is 5.23. The third-order valence-corrected chi connectivity index (χ3v) is 4.02. The molecule has 2 aliphatic carbocycles. The molecule has 0 radical (unpaired) electrons. The third-order valence-electron chi connectivity index (χ3n) is 4.02. The molecule has 2 nitrogen and oxygen atoms in total. The number of hydrogen-bond acceptors (Lipinski definition) is 2. The molecule has 2 rings (SSSR count). The van der Waals surface area contributed by atoms with Crippen molar-refractivity contribution < 1.29 is 9.53 Å². The van der Waals surface area contributed by atoms with Crippen LogP contribution in [0.1, 0.15) is 52.4 Å². The summed E-state index contributed by atoms with van der Waals surface area (Å²) in [6.45, 7) is 3.84. The Hall–Kier alpha value is -0.790. The number of allylic oxidation sites excluding steroid dienone is 2. The van der Waals surface area contributed by atoms with Crippen LogP contribution in [0.3, 0.4) is 0 Å². The molecule has 1 fully saturated rings. The van der Waals surface area contributed by atoms with Crippen molar-refractivity contribution >= 4 is 5.97 Å². The molecule has 1 saturated carbocycles. The molecule has 0 amide bonds. The molecule has 0 heterocycles. The van der Waals surface area contributed by atoms with Crippen LogP contribution < -0.4 is 0 Å². The average molecular weight is 208 g/mol. The Bertz CT molecular complexity index is 293. The Morgan fingerprint density at radius 1 is 1.53 bits per heavy atom. The Morgan fingerprint density at radius 3 is 3.07 bits per heavy atom. The van der Waals surface area contributed by atoms with Crippen LogP contribution in [0.2, 0.25) is 0 Å². The van der Waals surface area contributed by atoms with Gasteiger partial charge in [-0.1, -0.05) is 19.8 Å². The fourth-order valence-electron chi connectivity index (χ4n) is 3.11. The number of rotatable bonds is 1. The lowest BCUT2D eigenvalue weighted by Crippen LogP contribution is -2.34. The Balaban J connectivity index is 2.08. The van der Waals surface area contributed by atoms with E-state index in [0.29, 0.717) is 5.41 Å². The van der Waals surface area contributed by atoms with Gasteiger partial charge in [-0.05, 0) is 36.7 Å². The van der Waals surface area contributed by atoms with Crippen molar-refractivity contribution in [1.82, 2.24) is 0 Å². The van der Waals surface area contributed by atoms with Crippen LogP contribution in [0.15, 0.2) is 11.8 Å². The summed E-state index contributed by atoms with van der Waals surface area (Å²) in [5.41, 5.74) is 0.387. The van der Waals surface area contributed by atoms with E-state index in [4.69, 9.17) is 4.74 Å². The van der Waals surface area contributed by atoms with Gasteiger partial charge in [0.15, 0.2) is 0 Å². The van der Waals surface area contributed by atoms with Crippen molar-refractivity contribution in [2.24, 2.45) is 11.3 Å². The highest BCUT2D eigenvalue weighted by molar-refractivity contribution is 5.67. The number of esters is 1. The van der Waals surface area contributed by atoms with Gasteiger partial charge < -0.3 is 4.74 Å². The molecule has 2 heteroatoms. The predicted octanol–water partition coefficient (Wildman–Crippen LogP) is 3.42. The van der Waals surface area contributed by atoms with Gasteiger partial charge in [0.2, 0.25) is 0 Å². The van der Waals surface area contributed by atoms with E-state index in [1.807, 2.05) is 0 Å². The number of carbonyl (C=O) groups excluding carboxylic acids is 1. The number of ether oxygens (including phenoxy) is 1. The van der Waals surface area contributed by atoms with Gasteiger partial charge in [-0.3, -0.25) is 4.79 Å². The zero-order valence-electron chi connectivity index (χ0n) is 9.71. The minimum atomic E-state index is -0.181.